The van der Waals surface area contributed by atoms with Gasteiger partial charge in [0.15, 0.2) is 0 Å². The lowest BCUT2D eigenvalue weighted by atomic mass is 9.80. The highest BCUT2D eigenvalue weighted by Gasteiger charge is 2.38. The number of piperidine rings is 1. The number of carboxylic acid groups (broad SMARTS) is 1. The first kappa shape index (κ1) is 14.3. The largest absolute Gasteiger partial charge is 0.481 e. The van der Waals surface area contributed by atoms with Gasteiger partial charge in [0.25, 0.3) is 11.5 Å². The van der Waals surface area contributed by atoms with Crippen molar-refractivity contribution < 1.29 is 14.7 Å². The van der Waals surface area contributed by atoms with Crippen LogP contribution in [0.2, 0.25) is 0 Å². The molecule has 2 heterocycles. The Balaban J connectivity index is 2.10. The highest BCUT2D eigenvalue weighted by molar-refractivity contribution is 5.94. The van der Waals surface area contributed by atoms with Crippen LogP contribution in [0.1, 0.15) is 30.1 Å². The van der Waals surface area contributed by atoms with E-state index in [4.69, 9.17) is 5.11 Å². The Morgan fingerprint density at radius 3 is 2.40 bits per heavy atom. The highest BCUT2D eigenvalue weighted by Crippen LogP contribution is 2.31. The van der Waals surface area contributed by atoms with Crippen LogP contribution in [0.3, 0.4) is 0 Å². The molecule has 1 aromatic rings. The SMILES string of the molecule is Cn1ccc(C(=O)N2CCC(C)(C(=O)O)CC2)cc1=O. The Labute approximate surface area is 116 Å². The molecule has 0 atom stereocenters. The number of carbonyl (C=O) groups excluding carboxylic acids is 1. The number of aryl methyl sites for hydroxylation is 1. The first-order valence-corrected chi connectivity index (χ1v) is 6.53. The lowest BCUT2D eigenvalue weighted by molar-refractivity contribution is -0.150. The van der Waals surface area contributed by atoms with Crippen molar-refractivity contribution in [2.24, 2.45) is 12.5 Å². The van der Waals surface area contributed by atoms with Crippen LogP contribution in [0.5, 0.6) is 0 Å². The molecule has 6 heteroatoms. The zero-order valence-corrected chi connectivity index (χ0v) is 11.6. The molecule has 108 valence electrons. The molecule has 1 N–H and O–H groups in total. The molecule has 20 heavy (non-hydrogen) atoms. The van der Waals surface area contributed by atoms with Gasteiger partial charge in [-0.1, -0.05) is 0 Å². The fraction of sp³-hybridized carbons (Fsp3) is 0.500. The molecule has 6 nitrogen and oxygen atoms in total. The van der Waals surface area contributed by atoms with Gasteiger partial charge in [-0.25, -0.2) is 0 Å². The van der Waals surface area contributed by atoms with E-state index in [2.05, 4.69) is 0 Å². The molecule has 0 aromatic carbocycles. The maximum Gasteiger partial charge on any atom is 0.309 e. The van der Waals surface area contributed by atoms with Crippen LogP contribution in [-0.2, 0) is 11.8 Å². The average molecular weight is 278 g/mol. The van der Waals surface area contributed by atoms with E-state index in [1.165, 1.54) is 10.6 Å². The van der Waals surface area contributed by atoms with Gasteiger partial charge in [-0.2, -0.15) is 0 Å². The van der Waals surface area contributed by atoms with Crippen LogP contribution >= 0.6 is 0 Å². The van der Waals surface area contributed by atoms with Gasteiger partial charge < -0.3 is 14.6 Å². The van der Waals surface area contributed by atoms with E-state index in [1.54, 1.807) is 31.1 Å². The molecule has 0 saturated carbocycles. The number of likely N-dealkylation sites (tertiary alicyclic amines) is 1. The normalized spacial score (nSPS) is 17.8. The van der Waals surface area contributed by atoms with Gasteiger partial charge >= 0.3 is 5.97 Å². The number of nitrogens with zero attached hydrogens (tertiary/aromatic N) is 2. The molecule has 1 aliphatic rings. The smallest absolute Gasteiger partial charge is 0.309 e. The van der Waals surface area contributed by atoms with Gasteiger partial charge in [0.05, 0.1) is 5.41 Å². The Hall–Kier alpha value is -2.11. The number of hydrogen-bond donors (Lipinski definition) is 1. The number of hydrogen-bond acceptors (Lipinski definition) is 3. The van der Waals surface area contributed by atoms with Crippen LogP contribution in [0.15, 0.2) is 23.1 Å². The molecule has 1 aromatic heterocycles. The van der Waals surface area contributed by atoms with E-state index in [0.717, 1.165) is 0 Å². The van der Waals surface area contributed by atoms with E-state index >= 15 is 0 Å². The van der Waals surface area contributed by atoms with Gasteiger partial charge in [0, 0.05) is 38.0 Å². The van der Waals surface area contributed by atoms with Crippen molar-refractivity contribution in [2.75, 3.05) is 13.1 Å². The van der Waals surface area contributed by atoms with E-state index in [9.17, 15) is 14.4 Å². The summed E-state index contributed by atoms with van der Waals surface area (Å²) in [6, 6.07) is 2.92. The second kappa shape index (κ2) is 5.11. The summed E-state index contributed by atoms with van der Waals surface area (Å²) in [4.78, 5) is 36.6. The summed E-state index contributed by atoms with van der Waals surface area (Å²) in [7, 11) is 1.62. The molecule has 0 unspecified atom stereocenters. The Kier molecular flexibility index (Phi) is 3.65. The topological polar surface area (TPSA) is 79.6 Å². The molecule has 1 fully saturated rings. The minimum absolute atomic E-state index is 0.213. The molecule has 0 spiro atoms. The van der Waals surface area contributed by atoms with Gasteiger partial charge in [0.1, 0.15) is 0 Å². The average Bonchev–Trinajstić information content (AvgIpc) is 2.42. The van der Waals surface area contributed by atoms with Crippen molar-refractivity contribution >= 4 is 11.9 Å². The number of carbonyl (C=O) groups is 2. The monoisotopic (exact) mass is 278 g/mol. The zero-order valence-electron chi connectivity index (χ0n) is 11.6. The second-order valence-electron chi connectivity index (χ2n) is 5.52. The standard InChI is InChI=1S/C14H18N2O4/c1-14(13(19)20)4-7-16(8-5-14)12(18)10-3-6-15(2)11(17)9-10/h3,6,9H,4-5,7-8H2,1-2H3,(H,19,20). The second-order valence-corrected chi connectivity index (χ2v) is 5.52. The highest BCUT2D eigenvalue weighted by atomic mass is 16.4. The predicted octanol–water partition coefficient (Wildman–Crippen LogP) is 0.712. The molecule has 1 saturated heterocycles. The summed E-state index contributed by atoms with van der Waals surface area (Å²) in [5.41, 5.74) is -0.640. The molecule has 0 radical (unpaired) electrons. The van der Waals surface area contributed by atoms with E-state index in [1.807, 2.05) is 0 Å². The van der Waals surface area contributed by atoms with Crippen molar-refractivity contribution in [3.05, 3.63) is 34.2 Å². The Morgan fingerprint density at radius 1 is 1.30 bits per heavy atom. The summed E-state index contributed by atoms with van der Waals surface area (Å²) in [5.74, 6) is -1.03. The quantitative estimate of drug-likeness (QED) is 0.864. The minimum Gasteiger partial charge on any atom is -0.481 e. The van der Waals surface area contributed by atoms with Crippen LogP contribution in [-0.4, -0.2) is 39.5 Å². The molecule has 0 bridgehead atoms. The van der Waals surface area contributed by atoms with Crippen molar-refractivity contribution in [3.8, 4) is 0 Å². The summed E-state index contributed by atoms with van der Waals surface area (Å²) in [6.07, 6.45) is 2.42. The van der Waals surface area contributed by atoms with E-state index in [-0.39, 0.29) is 11.5 Å². The van der Waals surface area contributed by atoms with Gasteiger partial charge in [-0.15, -0.1) is 0 Å². The van der Waals surface area contributed by atoms with Gasteiger partial charge in [0.2, 0.25) is 0 Å². The number of amides is 1. The molecular formula is C14H18N2O4. The first-order chi connectivity index (χ1) is 9.33. The fourth-order valence-electron chi connectivity index (χ4n) is 2.28. The van der Waals surface area contributed by atoms with Gasteiger partial charge in [-0.05, 0) is 25.8 Å². The number of aromatic nitrogens is 1. The number of pyridine rings is 1. The fourth-order valence-corrected chi connectivity index (χ4v) is 2.28. The first-order valence-electron chi connectivity index (χ1n) is 6.53. The van der Waals surface area contributed by atoms with Crippen LogP contribution in [0.25, 0.3) is 0 Å². The lowest BCUT2D eigenvalue weighted by Gasteiger charge is -2.36. The zero-order chi connectivity index (χ0) is 14.9. The summed E-state index contributed by atoms with van der Waals surface area (Å²) in [6.45, 7) is 2.50. The maximum absolute atomic E-state index is 12.3. The third-order valence-corrected chi connectivity index (χ3v) is 4.02. The Morgan fingerprint density at radius 2 is 1.90 bits per heavy atom. The van der Waals surface area contributed by atoms with Crippen molar-refractivity contribution in [3.63, 3.8) is 0 Å². The Bertz CT molecular complexity index is 597. The number of carboxylic acids is 1. The molecule has 1 aliphatic heterocycles. The molecule has 0 aliphatic carbocycles. The predicted molar refractivity (Wildman–Crippen MR) is 72.6 cm³/mol. The summed E-state index contributed by atoms with van der Waals surface area (Å²) in [5, 5.41) is 9.16. The minimum atomic E-state index is -0.821. The maximum atomic E-state index is 12.3. The van der Waals surface area contributed by atoms with Crippen molar-refractivity contribution in [1.82, 2.24) is 9.47 Å². The third kappa shape index (κ3) is 2.59. The summed E-state index contributed by atoms with van der Waals surface area (Å²) < 4.78 is 1.40. The summed E-state index contributed by atoms with van der Waals surface area (Å²) >= 11 is 0. The van der Waals surface area contributed by atoms with Crippen LogP contribution in [0.4, 0.5) is 0 Å². The lowest BCUT2D eigenvalue weighted by Crippen LogP contribution is -2.45. The van der Waals surface area contributed by atoms with Crippen LogP contribution in [0, 0.1) is 5.41 Å². The molecule has 2 rings (SSSR count). The molecular weight excluding hydrogens is 260 g/mol. The number of aliphatic carboxylic acids is 1. The van der Waals surface area contributed by atoms with Crippen LogP contribution < -0.4 is 5.56 Å². The van der Waals surface area contributed by atoms with Gasteiger partial charge in [-0.3, -0.25) is 14.4 Å². The van der Waals surface area contributed by atoms with Crippen molar-refractivity contribution in [1.29, 1.82) is 0 Å². The third-order valence-electron chi connectivity index (χ3n) is 4.02. The molecule has 1 amide bonds. The van der Waals surface area contributed by atoms with E-state index in [0.29, 0.717) is 31.5 Å². The number of rotatable bonds is 2. The van der Waals surface area contributed by atoms with Crippen molar-refractivity contribution in [2.45, 2.75) is 19.8 Å². The van der Waals surface area contributed by atoms with E-state index < -0.39 is 11.4 Å².